The molecule has 0 bridgehead atoms. The van der Waals surface area contributed by atoms with Gasteiger partial charge in [-0.25, -0.2) is 0 Å². The Bertz CT molecular complexity index is 489. The van der Waals surface area contributed by atoms with Gasteiger partial charge in [0.25, 0.3) is 0 Å². The van der Waals surface area contributed by atoms with Gasteiger partial charge in [0.15, 0.2) is 0 Å². The molecule has 0 spiro atoms. The summed E-state index contributed by atoms with van der Waals surface area (Å²) in [7, 11) is 0. The second kappa shape index (κ2) is 4.80. The third-order valence-corrected chi connectivity index (χ3v) is 8.30. The molecular formula is C19H30O3. The van der Waals surface area contributed by atoms with Gasteiger partial charge in [-0.15, -0.1) is 0 Å². The van der Waals surface area contributed by atoms with Gasteiger partial charge in [0, 0.05) is 18.3 Å². The minimum atomic E-state index is -0.347. The molecule has 0 unspecified atom stereocenters. The number of hydrogen-bond donors (Lipinski definition) is 2. The third-order valence-electron chi connectivity index (χ3n) is 8.30. The van der Waals surface area contributed by atoms with E-state index in [-0.39, 0.29) is 29.0 Å². The fourth-order valence-electron chi connectivity index (χ4n) is 7.08. The zero-order chi connectivity index (χ0) is 15.7. The molecule has 4 aliphatic carbocycles. The zero-order valence-corrected chi connectivity index (χ0v) is 13.9. The molecule has 0 aromatic carbocycles. The average Bonchev–Trinajstić information content (AvgIpc) is 2.78. The summed E-state index contributed by atoms with van der Waals surface area (Å²) in [5.41, 5.74) is -0.0790. The second-order valence-electron chi connectivity index (χ2n) is 9.21. The second-order valence-corrected chi connectivity index (χ2v) is 9.21. The number of rotatable bonds is 0. The van der Waals surface area contributed by atoms with Gasteiger partial charge >= 0.3 is 0 Å². The first-order valence-electron chi connectivity index (χ1n) is 9.24. The first-order valence-corrected chi connectivity index (χ1v) is 9.24. The topological polar surface area (TPSA) is 57.5 Å². The van der Waals surface area contributed by atoms with Crippen molar-refractivity contribution in [1.82, 2.24) is 0 Å². The van der Waals surface area contributed by atoms with Crippen LogP contribution in [-0.2, 0) is 4.79 Å². The maximum absolute atomic E-state index is 12.1. The van der Waals surface area contributed by atoms with Crippen molar-refractivity contribution in [3.8, 4) is 0 Å². The average molecular weight is 306 g/mol. The van der Waals surface area contributed by atoms with Gasteiger partial charge in [-0.05, 0) is 54.8 Å². The number of aliphatic hydroxyl groups excluding tert-OH is 2. The summed E-state index contributed by atoms with van der Waals surface area (Å²) in [4.78, 5) is 12.1. The molecule has 0 aromatic rings. The lowest BCUT2D eigenvalue weighted by Gasteiger charge is -2.62. The van der Waals surface area contributed by atoms with Gasteiger partial charge in [-0.1, -0.05) is 26.7 Å². The molecular weight excluding hydrogens is 276 g/mol. The summed E-state index contributed by atoms with van der Waals surface area (Å²) >= 11 is 0. The summed E-state index contributed by atoms with van der Waals surface area (Å²) in [6.45, 7) is 4.48. The Kier molecular flexibility index (Phi) is 3.30. The zero-order valence-electron chi connectivity index (χ0n) is 13.9. The van der Waals surface area contributed by atoms with Crippen molar-refractivity contribution in [3.05, 3.63) is 0 Å². The molecule has 124 valence electrons. The van der Waals surface area contributed by atoms with Crippen LogP contribution in [0.5, 0.6) is 0 Å². The van der Waals surface area contributed by atoms with E-state index in [1.54, 1.807) is 0 Å². The van der Waals surface area contributed by atoms with Gasteiger partial charge < -0.3 is 10.2 Å². The van der Waals surface area contributed by atoms with Crippen molar-refractivity contribution < 1.29 is 15.0 Å². The lowest BCUT2D eigenvalue weighted by Crippen LogP contribution is -2.59. The van der Waals surface area contributed by atoms with Crippen LogP contribution in [-0.4, -0.2) is 28.2 Å². The smallest absolute Gasteiger partial charge is 0.133 e. The van der Waals surface area contributed by atoms with Crippen molar-refractivity contribution in [2.45, 2.75) is 77.4 Å². The van der Waals surface area contributed by atoms with E-state index in [0.717, 1.165) is 19.3 Å². The van der Waals surface area contributed by atoms with E-state index in [0.29, 0.717) is 36.4 Å². The lowest BCUT2D eigenvalue weighted by atomic mass is 9.44. The summed E-state index contributed by atoms with van der Waals surface area (Å²) in [5, 5.41) is 21.6. The van der Waals surface area contributed by atoms with Gasteiger partial charge in [0.1, 0.15) is 5.78 Å². The van der Waals surface area contributed by atoms with Crippen LogP contribution in [0.4, 0.5) is 0 Å². The Labute approximate surface area is 133 Å². The van der Waals surface area contributed by atoms with E-state index in [2.05, 4.69) is 13.8 Å². The summed E-state index contributed by atoms with van der Waals surface area (Å²) < 4.78 is 0. The molecule has 0 aromatic heterocycles. The molecule has 0 aliphatic heterocycles. The Balaban J connectivity index is 1.73. The fraction of sp³-hybridized carbons (Fsp3) is 0.947. The molecule has 22 heavy (non-hydrogen) atoms. The molecule has 4 aliphatic rings. The Morgan fingerprint density at radius 1 is 1.00 bits per heavy atom. The Hall–Kier alpha value is -0.410. The van der Waals surface area contributed by atoms with Crippen LogP contribution < -0.4 is 0 Å². The van der Waals surface area contributed by atoms with Crippen LogP contribution in [0.3, 0.4) is 0 Å². The standard InChI is InChI=1S/C19H30O3/c1-18-6-4-3-5-13(18)16(21)8-12-14-7-11(20)10-19(14,2)17(22)9-15(12)18/h12-17,21-22H,3-10H2,1-2H3/t12-,13+,14+,15-,16-,17-,18-,19-/m0/s1. The fourth-order valence-corrected chi connectivity index (χ4v) is 7.08. The van der Waals surface area contributed by atoms with Crippen molar-refractivity contribution in [3.63, 3.8) is 0 Å². The SMILES string of the molecule is C[C@]12CC(=O)C[C@@H]1[C@@H]1C[C@H](O)[C@H]3CCCC[C@]3(C)[C@H]1C[C@@H]2O. The highest BCUT2D eigenvalue weighted by molar-refractivity contribution is 5.82. The Morgan fingerprint density at radius 2 is 1.77 bits per heavy atom. The summed E-state index contributed by atoms with van der Waals surface area (Å²) in [6, 6.07) is 0. The van der Waals surface area contributed by atoms with Crippen molar-refractivity contribution in [1.29, 1.82) is 0 Å². The summed E-state index contributed by atoms with van der Waals surface area (Å²) in [5.74, 6) is 1.91. The monoisotopic (exact) mass is 306 g/mol. The maximum atomic E-state index is 12.1. The molecule has 0 heterocycles. The normalized spacial score (nSPS) is 57.9. The molecule has 4 fully saturated rings. The highest BCUT2D eigenvalue weighted by Gasteiger charge is 2.63. The van der Waals surface area contributed by atoms with E-state index >= 15 is 0 Å². The maximum Gasteiger partial charge on any atom is 0.133 e. The highest BCUT2D eigenvalue weighted by Crippen LogP contribution is 2.65. The quantitative estimate of drug-likeness (QED) is 0.723. The number of hydrogen-bond acceptors (Lipinski definition) is 3. The number of carbonyl (C=O) groups excluding carboxylic acids is 1. The van der Waals surface area contributed by atoms with Gasteiger partial charge in [0.05, 0.1) is 12.2 Å². The largest absolute Gasteiger partial charge is 0.393 e. The predicted molar refractivity (Wildman–Crippen MR) is 84.1 cm³/mol. The first kappa shape index (κ1) is 15.1. The molecule has 4 saturated carbocycles. The van der Waals surface area contributed by atoms with Crippen LogP contribution in [0, 0.1) is 34.5 Å². The van der Waals surface area contributed by atoms with Crippen molar-refractivity contribution >= 4 is 5.78 Å². The van der Waals surface area contributed by atoms with E-state index in [4.69, 9.17) is 0 Å². The van der Waals surface area contributed by atoms with Crippen LogP contribution in [0.25, 0.3) is 0 Å². The third kappa shape index (κ3) is 1.84. The van der Waals surface area contributed by atoms with Crippen molar-refractivity contribution in [2.24, 2.45) is 34.5 Å². The summed E-state index contributed by atoms with van der Waals surface area (Å²) in [6.07, 6.45) is 7.10. The number of Topliss-reactive ketones (excluding diaryl/α,β-unsaturated/α-hetero) is 1. The van der Waals surface area contributed by atoms with Crippen LogP contribution in [0.2, 0.25) is 0 Å². The molecule has 3 nitrogen and oxygen atoms in total. The van der Waals surface area contributed by atoms with E-state index in [9.17, 15) is 15.0 Å². The number of fused-ring (bicyclic) bond motifs is 5. The lowest BCUT2D eigenvalue weighted by molar-refractivity contribution is -0.183. The number of ketones is 1. The molecule has 0 radical (unpaired) electrons. The molecule has 0 amide bonds. The molecule has 3 heteroatoms. The molecule has 8 atom stereocenters. The first-order chi connectivity index (χ1) is 10.4. The van der Waals surface area contributed by atoms with Gasteiger partial charge in [-0.3, -0.25) is 4.79 Å². The van der Waals surface area contributed by atoms with Gasteiger partial charge in [0.2, 0.25) is 0 Å². The van der Waals surface area contributed by atoms with Crippen LogP contribution in [0.1, 0.15) is 65.2 Å². The van der Waals surface area contributed by atoms with E-state index < -0.39 is 0 Å². The Morgan fingerprint density at radius 3 is 2.55 bits per heavy atom. The number of carbonyl (C=O) groups is 1. The highest BCUT2D eigenvalue weighted by atomic mass is 16.3. The van der Waals surface area contributed by atoms with Crippen LogP contribution >= 0.6 is 0 Å². The minimum Gasteiger partial charge on any atom is -0.393 e. The van der Waals surface area contributed by atoms with Crippen LogP contribution in [0.15, 0.2) is 0 Å². The van der Waals surface area contributed by atoms with Gasteiger partial charge in [-0.2, -0.15) is 0 Å². The molecule has 0 saturated heterocycles. The molecule has 4 rings (SSSR count). The number of aliphatic hydroxyl groups is 2. The minimum absolute atomic E-state index is 0.161. The predicted octanol–water partition coefficient (Wildman–Crippen LogP) is 2.93. The van der Waals surface area contributed by atoms with Crippen molar-refractivity contribution in [2.75, 3.05) is 0 Å². The van der Waals surface area contributed by atoms with E-state index in [1.807, 2.05) is 0 Å². The molecule has 2 N–H and O–H groups in total. The van der Waals surface area contributed by atoms with E-state index in [1.165, 1.54) is 19.3 Å².